The van der Waals surface area contributed by atoms with Gasteiger partial charge in [-0.1, -0.05) is 37.6 Å². The summed E-state index contributed by atoms with van der Waals surface area (Å²) in [6.45, 7) is 2.19. The molecule has 1 saturated carbocycles. The second kappa shape index (κ2) is 3.95. The van der Waals surface area contributed by atoms with Crippen molar-refractivity contribution >= 4 is 0 Å². The molecule has 1 unspecified atom stereocenters. The van der Waals surface area contributed by atoms with Gasteiger partial charge in [0.1, 0.15) is 0 Å². The Hall–Kier alpha value is -0.860. The van der Waals surface area contributed by atoms with Crippen LogP contribution in [0.5, 0.6) is 0 Å². The lowest BCUT2D eigenvalue weighted by atomic mass is 9.97. The highest BCUT2D eigenvalue weighted by Crippen LogP contribution is 2.41. The molecular formula is C13H20N2. The van der Waals surface area contributed by atoms with Gasteiger partial charge < -0.3 is 11.5 Å². The fourth-order valence-electron chi connectivity index (χ4n) is 1.97. The molecule has 1 atom stereocenters. The van der Waals surface area contributed by atoms with Gasteiger partial charge in [-0.3, -0.25) is 0 Å². The third-order valence-corrected chi connectivity index (χ3v) is 3.32. The summed E-state index contributed by atoms with van der Waals surface area (Å²) in [5, 5.41) is 0. The van der Waals surface area contributed by atoms with Crippen LogP contribution in [-0.2, 0) is 6.42 Å². The fourth-order valence-corrected chi connectivity index (χ4v) is 1.97. The largest absolute Gasteiger partial charge is 0.323 e. The molecule has 2 heteroatoms. The molecule has 0 spiro atoms. The van der Waals surface area contributed by atoms with E-state index in [9.17, 15) is 0 Å². The molecular weight excluding hydrogens is 184 g/mol. The van der Waals surface area contributed by atoms with Crippen molar-refractivity contribution in [1.29, 1.82) is 0 Å². The van der Waals surface area contributed by atoms with Crippen LogP contribution in [0.2, 0.25) is 0 Å². The van der Waals surface area contributed by atoms with Crippen LogP contribution in [0, 0.1) is 0 Å². The minimum atomic E-state index is -0.119. The van der Waals surface area contributed by atoms with Crippen molar-refractivity contribution in [3.05, 3.63) is 35.4 Å². The Morgan fingerprint density at radius 2 is 1.87 bits per heavy atom. The molecule has 1 aromatic rings. The number of nitrogens with two attached hydrogens (primary N) is 2. The summed E-state index contributed by atoms with van der Waals surface area (Å²) in [5.74, 6) is 0. The molecule has 2 nitrogen and oxygen atoms in total. The molecule has 0 saturated heterocycles. The molecule has 0 amide bonds. The zero-order valence-corrected chi connectivity index (χ0v) is 9.37. The van der Waals surface area contributed by atoms with Gasteiger partial charge in [-0.05, 0) is 30.4 Å². The highest BCUT2D eigenvalue weighted by atomic mass is 14.9. The molecule has 0 aromatic heterocycles. The predicted molar refractivity (Wildman–Crippen MR) is 63.5 cm³/mol. The molecule has 82 valence electrons. The van der Waals surface area contributed by atoms with Crippen LogP contribution in [0.4, 0.5) is 0 Å². The Morgan fingerprint density at radius 3 is 2.33 bits per heavy atom. The predicted octanol–water partition coefficient (Wildman–Crippen LogP) is 2.13. The maximum Gasteiger partial charge on any atom is 0.0477 e. The summed E-state index contributed by atoms with van der Waals surface area (Å²) in [4.78, 5) is 0. The Morgan fingerprint density at radius 1 is 1.27 bits per heavy atom. The van der Waals surface area contributed by atoms with Crippen molar-refractivity contribution in [3.63, 3.8) is 0 Å². The van der Waals surface area contributed by atoms with E-state index in [1.807, 2.05) is 0 Å². The van der Waals surface area contributed by atoms with E-state index in [1.54, 1.807) is 0 Å². The van der Waals surface area contributed by atoms with E-state index in [0.29, 0.717) is 0 Å². The van der Waals surface area contributed by atoms with Gasteiger partial charge in [-0.15, -0.1) is 0 Å². The maximum absolute atomic E-state index is 6.13. The number of aryl methyl sites for hydroxylation is 1. The van der Waals surface area contributed by atoms with E-state index in [2.05, 4.69) is 31.2 Å². The average Bonchev–Trinajstić information content (AvgIpc) is 2.99. The summed E-state index contributed by atoms with van der Waals surface area (Å²) < 4.78 is 0. The molecule has 0 bridgehead atoms. The van der Waals surface area contributed by atoms with Crippen molar-refractivity contribution < 1.29 is 0 Å². The smallest absolute Gasteiger partial charge is 0.0477 e. The van der Waals surface area contributed by atoms with Gasteiger partial charge in [0.05, 0.1) is 0 Å². The first kappa shape index (κ1) is 10.7. The lowest BCUT2D eigenvalue weighted by Gasteiger charge is -2.19. The number of benzene rings is 1. The highest BCUT2D eigenvalue weighted by molar-refractivity contribution is 5.29. The molecule has 0 radical (unpaired) electrons. The highest BCUT2D eigenvalue weighted by Gasteiger charge is 2.44. The van der Waals surface area contributed by atoms with Crippen molar-refractivity contribution in [2.45, 2.75) is 44.2 Å². The molecule has 1 fully saturated rings. The molecule has 0 aliphatic heterocycles. The third kappa shape index (κ3) is 2.21. The minimum Gasteiger partial charge on any atom is -0.323 e. The number of rotatable bonds is 4. The number of hydrogen-bond acceptors (Lipinski definition) is 2. The van der Waals surface area contributed by atoms with Crippen LogP contribution >= 0.6 is 0 Å². The van der Waals surface area contributed by atoms with Crippen LogP contribution in [0.25, 0.3) is 0 Å². The molecule has 15 heavy (non-hydrogen) atoms. The first-order valence-electron chi connectivity index (χ1n) is 5.79. The first-order chi connectivity index (χ1) is 7.15. The fraction of sp³-hybridized carbons (Fsp3) is 0.538. The van der Waals surface area contributed by atoms with Crippen LogP contribution < -0.4 is 11.5 Å². The summed E-state index contributed by atoms with van der Waals surface area (Å²) in [7, 11) is 0. The van der Waals surface area contributed by atoms with Gasteiger partial charge in [0.25, 0.3) is 0 Å². The summed E-state index contributed by atoms with van der Waals surface area (Å²) in [6, 6.07) is 8.60. The van der Waals surface area contributed by atoms with Gasteiger partial charge in [0.2, 0.25) is 0 Å². The van der Waals surface area contributed by atoms with E-state index in [-0.39, 0.29) is 11.6 Å². The lowest BCUT2D eigenvalue weighted by molar-refractivity contribution is 0.536. The maximum atomic E-state index is 6.13. The van der Waals surface area contributed by atoms with E-state index in [0.717, 1.165) is 19.3 Å². The summed E-state index contributed by atoms with van der Waals surface area (Å²) >= 11 is 0. The molecule has 1 aromatic carbocycles. The average molecular weight is 204 g/mol. The molecule has 2 rings (SSSR count). The van der Waals surface area contributed by atoms with Crippen molar-refractivity contribution in [2.24, 2.45) is 11.5 Å². The SMILES string of the molecule is CCCc1ccc(C(N)C2(N)CC2)cc1. The van der Waals surface area contributed by atoms with E-state index < -0.39 is 0 Å². The minimum absolute atomic E-state index is 0.00757. The zero-order chi connectivity index (χ0) is 10.9. The van der Waals surface area contributed by atoms with E-state index in [4.69, 9.17) is 11.5 Å². The van der Waals surface area contributed by atoms with Crippen LogP contribution in [0.15, 0.2) is 24.3 Å². The monoisotopic (exact) mass is 204 g/mol. The topological polar surface area (TPSA) is 52.0 Å². The molecule has 0 heterocycles. The van der Waals surface area contributed by atoms with Gasteiger partial charge in [-0.25, -0.2) is 0 Å². The Kier molecular flexibility index (Phi) is 2.81. The van der Waals surface area contributed by atoms with Crippen LogP contribution in [0.1, 0.15) is 43.4 Å². The second-order valence-corrected chi connectivity index (χ2v) is 4.70. The van der Waals surface area contributed by atoms with Crippen molar-refractivity contribution in [1.82, 2.24) is 0 Å². The Balaban J connectivity index is 2.09. The van der Waals surface area contributed by atoms with Gasteiger partial charge >= 0.3 is 0 Å². The lowest BCUT2D eigenvalue weighted by Crippen LogP contribution is -2.36. The molecule has 1 aliphatic rings. The van der Waals surface area contributed by atoms with Gasteiger partial charge in [-0.2, -0.15) is 0 Å². The second-order valence-electron chi connectivity index (χ2n) is 4.70. The van der Waals surface area contributed by atoms with Gasteiger partial charge in [0, 0.05) is 11.6 Å². The molecule has 4 N–H and O–H groups in total. The van der Waals surface area contributed by atoms with E-state index in [1.165, 1.54) is 17.5 Å². The van der Waals surface area contributed by atoms with Crippen molar-refractivity contribution in [2.75, 3.05) is 0 Å². The standard InChI is InChI=1S/C13H20N2/c1-2-3-10-4-6-11(7-5-10)12(14)13(15)8-9-13/h4-7,12H,2-3,8-9,14-15H2,1H3. The quantitative estimate of drug-likeness (QED) is 0.789. The Labute approximate surface area is 91.7 Å². The first-order valence-corrected chi connectivity index (χ1v) is 5.79. The van der Waals surface area contributed by atoms with Gasteiger partial charge in [0.15, 0.2) is 0 Å². The van der Waals surface area contributed by atoms with Crippen molar-refractivity contribution in [3.8, 4) is 0 Å². The zero-order valence-electron chi connectivity index (χ0n) is 9.37. The van der Waals surface area contributed by atoms with Crippen LogP contribution in [0.3, 0.4) is 0 Å². The summed E-state index contributed by atoms with van der Waals surface area (Å²) in [5.41, 5.74) is 14.7. The third-order valence-electron chi connectivity index (χ3n) is 3.32. The van der Waals surface area contributed by atoms with Crippen LogP contribution in [-0.4, -0.2) is 5.54 Å². The molecule has 1 aliphatic carbocycles. The normalized spacial score (nSPS) is 19.9. The Bertz CT molecular complexity index is 325. The van der Waals surface area contributed by atoms with E-state index >= 15 is 0 Å². The number of hydrogen-bond donors (Lipinski definition) is 2. The summed E-state index contributed by atoms with van der Waals surface area (Å²) in [6.07, 6.45) is 4.45.